The Morgan fingerprint density at radius 2 is 2.64 bits per heavy atom. The molecule has 0 saturated carbocycles. The zero-order valence-electron chi connectivity index (χ0n) is 7.64. The van der Waals surface area contributed by atoms with Crippen molar-refractivity contribution in [2.24, 2.45) is 5.92 Å². The third-order valence-electron chi connectivity index (χ3n) is 2.28. The maximum Gasteiger partial charge on any atom is 0.224 e. The lowest BCUT2D eigenvalue weighted by molar-refractivity contribution is -0.128. The highest BCUT2D eigenvalue weighted by Crippen LogP contribution is 2.18. The summed E-state index contributed by atoms with van der Waals surface area (Å²) in [6.45, 7) is 1.09. The van der Waals surface area contributed by atoms with E-state index in [0.717, 1.165) is 0 Å². The van der Waals surface area contributed by atoms with Crippen LogP contribution < -0.4 is 0 Å². The van der Waals surface area contributed by atoms with Crippen molar-refractivity contribution in [3.63, 3.8) is 0 Å². The summed E-state index contributed by atoms with van der Waals surface area (Å²) in [6.07, 6.45) is 8.68. The van der Waals surface area contributed by atoms with Crippen LogP contribution in [0.15, 0.2) is 17.0 Å². The van der Waals surface area contributed by atoms with E-state index in [0.29, 0.717) is 25.3 Å². The molecule has 1 aliphatic heterocycles. The van der Waals surface area contributed by atoms with Gasteiger partial charge in [0.15, 0.2) is 6.39 Å². The SMILES string of the molecule is C#CC1CC(=O)N(Cc2cnco2)C1. The van der Waals surface area contributed by atoms with E-state index >= 15 is 0 Å². The van der Waals surface area contributed by atoms with E-state index in [1.54, 1.807) is 11.1 Å². The number of hydrogen-bond donors (Lipinski definition) is 0. The van der Waals surface area contributed by atoms with Crippen molar-refractivity contribution in [1.29, 1.82) is 0 Å². The molecule has 1 atom stereocenters. The first-order chi connectivity index (χ1) is 6.79. The third kappa shape index (κ3) is 1.62. The van der Waals surface area contributed by atoms with Crippen LogP contribution in [0, 0.1) is 18.3 Å². The van der Waals surface area contributed by atoms with E-state index in [1.807, 2.05) is 0 Å². The van der Waals surface area contributed by atoms with Crippen molar-refractivity contribution in [3.8, 4) is 12.3 Å². The van der Waals surface area contributed by atoms with Gasteiger partial charge < -0.3 is 9.32 Å². The second kappa shape index (κ2) is 3.54. The van der Waals surface area contributed by atoms with Gasteiger partial charge in [0.25, 0.3) is 0 Å². The van der Waals surface area contributed by atoms with E-state index in [-0.39, 0.29) is 11.8 Å². The average molecular weight is 190 g/mol. The van der Waals surface area contributed by atoms with Gasteiger partial charge in [-0.25, -0.2) is 4.98 Å². The molecule has 4 nitrogen and oxygen atoms in total. The molecule has 1 aliphatic rings. The second-order valence-electron chi connectivity index (χ2n) is 3.31. The fourth-order valence-corrected chi connectivity index (χ4v) is 1.54. The van der Waals surface area contributed by atoms with Gasteiger partial charge in [0.2, 0.25) is 5.91 Å². The van der Waals surface area contributed by atoms with Crippen molar-refractivity contribution in [2.45, 2.75) is 13.0 Å². The van der Waals surface area contributed by atoms with Crippen molar-refractivity contribution in [3.05, 3.63) is 18.4 Å². The molecule has 1 amide bonds. The molecule has 0 aliphatic carbocycles. The van der Waals surface area contributed by atoms with Crippen LogP contribution in [-0.4, -0.2) is 22.3 Å². The summed E-state index contributed by atoms with van der Waals surface area (Å²) in [7, 11) is 0. The molecule has 1 fully saturated rings. The number of carbonyl (C=O) groups is 1. The van der Waals surface area contributed by atoms with Crippen molar-refractivity contribution < 1.29 is 9.21 Å². The van der Waals surface area contributed by atoms with Gasteiger partial charge in [0.05, 0.1) is 12.7 Å². The fraction of sp³-hybridized carbons (Fsp3) is 0.400. The lowest BCUT2D eigenvalue weighted by Crippen LogP contribution is -2.24. The van der Waals surface area contributed by atoms with Crippen LogP contribution in [0.3, 0.4) is 0 Å². The molecule has 0 bridgehead atoms. The first kappa shape index (κ1) is 8.82. The zero-order chi connectivity index (χ0) is 9.97. The number of hydrogen-bond acceptors (Lipinski definition) is 3. The number of nitrogens with zero attached hydrogens (tertiary/aromatic N) is 2. The summed E-state index contributed by atoms with van der Waals surface area (Å²) in [5.41, 5.74) is 0. The standard InChI is InChI=1S/C10H10N2O2/c1-2-8-3-10(13)12(5-8)6-9-4-11-7-14-9/h1,4,7-8H,3,5-6H2. The van der Waals surface area contributed by atoms with Crippen LogP contribution in [0.1, 0.15) is 12.2 Å². The average Bonchev–Trinajstić information content (AvgIpc) is 2.78. The van der Waals surface area contributed by atoms with Crippen LogP contribution in [0.2, 0.25) is 0 Å². The Hall–Kier alpha value is -1.76. The number of terminal acetylenes is 1. The summed E-state index contributed by atoms with van der Waals surface area (Å²) in [6, 6.07) is 0. The smallest absolute Gasteiger partial charge is 0.224 e. The highest BCUT2D eigenvalue weighted by atomic mass is 16.3. The quantitative estimate of drug-likeness (QED) is 0.643. The van der Waals surface area contributed by atoms with Crippen LogP contribution in [0.25, 0.3) is 0 Å². The molecule has 1 aromatic rings. The van der Waals surface area contributed by atoms with Crippen LogP contribution in [0.4, 0.5) is 0 Å². The highest BCUT2D eigenvalue weighted by Gasteiger charge is 2.28. The molecule has 1 aromatic heterocycles. The first-order valence-electron chi connectivity index (χ1n) is 4.41. The molecular weight excluding hydrogens is 180 g/mol. The van der Waals surface area contributed by atoms with Gasteiger partial charge in [-0.15, -0.1) is 12.3 Å². The normalized spacial score (nSPS) is 21.2. The van der Waals surface area contributed by atoms with Gasteiger partial charge in [-0.05, 0) is 0 Å². The van der Waals surface area contributed by atoms with Gasteiger partial charge in [0.1, 0.15) is 5.76 Å². The maximum atomic E-state index is 11.4. The van der Waals surface area contributed by atoms with Crippen LogP contribution in [0.5, 0.6) is 0 Å². The Morgan fingerprint density at radius 3 is 3.21 bits per heavy atom. The predicted molar refractivity (Wildman–Crippen MR) is 48.9 cm³/mol. The number of amides is 1. The summed E-state index contributed by atoms with van der Waals surface area (Å²) >= 11 is 0. The monoisotopic (exact) mass is 190 g/mol. The molecule has 0 N–H and O–H groups in total. The van der Waals surface area contributed by atoms with Gasteiger partial charge >= 0.3 is 0 Å². The number of likely N-dealkylation sites (tertiary alicyclic amines) is 1. The minimum atomic E-state index is 0.0467. The van der Waals surface area contributed by atoms with Gasteiger partial charge in [-0.2, -0.15) is 0 Å². The van der Waals surface area contributed by atoms with Crippen molar-refractivity contribution in [2.75, 3.05) is 6.54 Å². The van der Waals surface area contributed by atoms with E-state index < -0.39 is 0 Å². The first-order valence-corrected chi connectivity index (χ1v) is 4.41. The Balaban J connectivity index is 2.00. The van der Waals surface area contributed by atoms with E-state index in [4.69, 9.17) is 10.8 Å². The Morgan fingerprint density at radius 1 is 1.79 bits per heavy atom. The number of rotatable bonds is 2. The highest BCUT2D eigenvalue weighted by molar-refractivity contribution is 5.79. The maximum absolute atomic E-state index is 11.4. The molecule has 14 heavy (non-hydrogen) atoms. The topological polar surface area (TPSA) is 46.3 Å². The zero-order valence-corrected chi connectivity index (χ0v) is 7.64. The Bertz CT molecular complexity index is 364. The summed E-state index contributed by atoms with van der Waals surface area (Å²) in [4.78, 5) is 16.9. The molecule has 0 spiro atoms. The van der Waals surface area contributed by atoms with Gasteiger partial charge in [-0.1, -0.05) is 0 Å². The fourth-order valence-electron chi connectivity index (χ4n) is 1.54. The summed E-state index contributed by atoms with van der Waals surface area (Å²) in [5, 5.41) is 0. The number of carbonyl (C=O) groups excluding carboxylic acids is 1. The van der Waals surface area contributed by atoms with Gasteiger partial charge in [0, 0.05) is 18.9 Å². The Kier molecular flexibility index (Phi) is 2.23. The van der Waals surface area contributed by atoms with Crippen LogP contribution >= 0.6 is 0 Å². The molecular formula is C10H10N2O2. The minimum Gasteiger partial charge on any atom is -0.447 e. The number of oxazole rings is 1. The molecule has 0 aromatic carbocycles. The van der Waals surface area contributed by atoms with E-state index in [2.05, 4.69) is 10.9 Å². The molecule has 2 heterocycles. The molecule has 2 rings (SSSR count). The lowest BCUT2D eigenvalue weighted by Gasteiger charge is -2.12. The molecule has 1 unspecified atom stereocenters. The molecule has 4 heteroatoms. The molecule has 0 radical (unpaired) electrons. The minimum absolute atomic E-state index is 0.0467. The largest absolute Gasteiger partial charge is 0.447 e. The lowest BCUT2D eigenvalue weighted by atomic mass is 10.1. The molecule has 1 saturated heterocycles. The second-order valence-corrected chi connectivity index (χ2v) is 3.31. The van der Waals surface area contributed by atoms with E-state index in [9.17, 15) is 4.79 Å². The van der Waals surface area contributed by atoms with Crippen LogP contribution in [-0.2, 0) is 11.3 Å². The van der Waals surface area contributed by atoms with Crippen molar-refractivity contribution in [1.82, 2.24) is 9.88 Å². The third-order valence-corrected chi connectivity index (χ3v) is 2.28. The van der Waals surface area contributed by atoms with Crippen molar-refractivity contribution >= 4 is 5.91 Å². The van der Waals surface area contributed by atoms with E-state index in [1.165, 1.54) is 6.39 Å². The predicted octanol–water partition coefficient (Wildman–Crippen LogP) is 0.656. The summed E-state index contributed by atoms with van der Waals surface area (Å²) in [5.74, 6) is 3.42. The number of aromatic nitrogens is 1. The Labute approximate surface area is 81.9 Å². The van der Waals surface area contributed by atoms with Gasteiger partial charge in [-0.3, -0.25) is 4.79 Å². The molecule has 72 valence electrons. The summed E-state index contributed by atoms with van der Waals surface area (Å²) < 4.78 is 5.06.